The van der Waals surface area contributed by atoms with E-state index < -0.39 is 27.9 Å². The van der Waals surface area contributed by atoms with Gasteiger partial charge in [-0.3, -0.25) is 9.59 Å². The molecule has 7 nitrogen and oxygen atoms in total. The van der Waals surface area contributed by atoms with Gasteiger partial charge in [0.1, 0.15) is 5.75 Å². The lowest BCUT2D eigenvalue weighted by atomic mass is 10.00. The predicted octanol–water partition coefficient (Wildman–Crippen LogP) is 5.06. The standard InChI is InChI=1S/C26H23F3N2O5S/c1-16-15-30(25(33)19-4-9-21(10-5-19)36-26(27,28)29)24-14-20(8-13-23(24)31(16)17(2)32)18-6-11-22(12-7-18)37(3,34)35/h4-14,16H,15H2,1-3H3. The fraction of sp³-hybridized carbons (Fsp3) is 0.231. The van der Waals surface area contributed by atoms with Gasteiger partial charge in [-0.15, -0.1) is 13.2 Å². The van der Waals surface area contributed by atoms with Crippen molar-refractivity contribution in [3.63, 3.8) is 0 Å². The molecule has 0 fully saturated rings. The van der Waals surface area contributed by atoms with Crippen molar-refractivity contribution in [3.05, 3.63) is 72.3 Å². The summed E-state index contributed by atoms with van der Waals surface area (Å²) in [7, 11) is -3.37. The van der Waals surface area contributed by atoms with E-state index in [1.165, 1.54) is 36.1 Å². The quantitative estimate of drug-likeness (QED) is 0.469. The van der Waals surface area contributed by atoms with E-state index in [4.69, 9.17) is 0 Å². The molecule has 0 spiro atoms. The van der Waals surface area contributed by atoms with Crippen LogP contribution in [-0.4, -0.2) is 45.4 Å². The van der Waals surface area contributed by atoms with Crippen LogP contribution >= 0.6 is 0 Å². The second kappa shape index (κ2) is 9.55. The number of nitrogens with zero attached hydrogens (tertiary/aromatic N) is 2. The van der Waals surface area contributed by atoms with Gasteiger partial charge in [-0.1, -0.05) is 18.2 Å². The van der Waals surface area contributed by atoms with Crippen molar-refractivity contribution in [2.24, 2.45) is 0 Å². The molecule has 1 aliphatic rings. The molecule has 11 heteroatoms. The molecule has 0 radical (unpaired) electrons. The molecular weight excluding hydrogens is 509 g/mol. The van der Waals surface area contributed by atoms with E-state index in [-0.39, 0.29) is 29.0 Å². The number of carbonyl (C=O) groups excluding carboxylic acids is 2. The van der Waals surface area contributed by atoms with E-state index in [1.54, 1.807) is 42.2 Å². The summed E-state index contributed by atoms with van der Waals surface area (Å²) in [6.07, 6.45) is -3.73. The molecule has 1 unspecified atom stereocenters. The molecule has 2 amide bonds. The number of benzene rings is 3. The van der Waals surface area contributed by atoms with Crippen LogP contribution < -0.4 is 14.5 Å². The third-order valence-electron chi connectivity index (χ3n) is 5.95. The van der Waals surface area contributed by atoms with Crippen LogP contribution in [0, 0.1) is 0 Å². The Kier molecular flexibility index (Phi) is 6.76. The summed E-state index contributed by atoms with van der Waals surface area (Å²) in [5.74, 6) is -1.11. The second-order valence-electron chi connectivity index (χ2n) is 8.73. The zero-order valence-electron chi connectivity index (χ0n) is 20.1. The number of halogens is 3. The monoisotopic (exact) mass is 532 g/mol. The highest BCUT2D eigenvalue weighted by molar-refractivity contribution is 7.90. The van der Waals surface area contributed by atoms with Gasteiger partial charge in [-0.2, -0.15) is 0 Å². The SMILES string of the molecule is CC(=O)N1c2ccc(-c3ccc(S(C)(=O)=O)cc3)cc2N(C(=O)c2ccc(OC(F)(F)F)cc2)CC1C. The van der Waals surface area contributed by atoms with Crippen LogP contribution in [-0.2, 0) is 14.6 Å². The Hall–Kier alpha value is -3.86. The molecule has 1 heterocycles. The third-order valence-corrected chi connectivity index (χ3v) is 7.08. The maximum Gasteiger partial charge on any atom is 0.573 e. The molecule has 0 N–H and O–H groups in total. The molecule has 37 heavy (non-hydrogen) atoms. The van der Waals surface area contributed by atoms with Gasteiger partial charge in [0.05, 0.1) is 22.3 Å². The summed E-state index contributed by atoms with van der Waals surface area (Å²) in [4.78, 5) is 29.1. The lowest BCUT2D eigenvalue weighted by Gasteiger charge is -2.41. The minimum absolute atomic E-state index is 0.145. The molecule has 4 rings (SSSR count). The Bertz CT molecular complexity index is 1450. The lowest BCUT2D eigenvalue weighted by molar-refractivity contribution is -0.274. The van der Waals surface area contributed by atoms with Crippen molar-refractivity contribution in [2.75, 3.05) is 22.6 Å². The average molecular weight is 533 g/mol. The van der Waals surface area contributed by atoms with Gasteiger partial charge < -0.3 is 14.5 Å². The Morgan fingerprint density at radius 3 is 2.05 bits per heavy atom. The minimum atomic E-state index is -4.85. The Morgan fingerprint density at radius 1 is 0.919 bits per heavy atom. The molecule has 3 aromatic carbocycles. The van der Waals surface area contributed by atoms with Crippen molar-refractivity contribution in [2.45, 2.75) is 31.1 Å². The Balaban J connectivity index is 1.74. The largest absolute Gasteiger partial charge is 0.573 e. The number of rotatable bonds is 4. The van der Waals surface area contributed by atoms with Crippen molar-refractivity contribution in [1.29, 1.82) is 0 Å². The summed E-state index contributed by atoms with van der Waals surface area (Å²) in [6.45, 7) is 3.38. The first-order valence-electron chi connectivity index (χ1n) is 11.2. The highest BCUT2D eigenvalue weighted by Gasteiger charge is 2.35. The second-order valence-corrected chi connectivity index (χ2v) is 10.7. The normalized spacial score (nSPS) is 15.8. The minimum Gasteiger partial charge on any atom is -0.406 e. The molecule has 1 atom stereocenters. The number of anilines is 2. The number of hydrogen-bond donors (Lipinski definition) is 0. The third kappa shape index (κ3) is 5.61. The van der Waals surface area contributed by atoms with Crippen LogP contribution in [0.1, 0.15) is 24.2 Å². The topological polar surface area (TPSA) is 84.0 Å². The molecule has 1 aliphatic heterocycles. The highest BCUT2D eigenvalue weighted by Crippen LogP contribution is 2.40. The van der Waals surface area contributed by atoms with Crippen LogP contribution in [0.4, 0.5) is 24.5 Å². The zero-order chi connectivity index (χ0) is 27.1. The fourth-order valence-electron chi connectivity index (χ4n) is 4.33. The Labute approximate surface area is 212 Å². The predicted molar refractivity (Wildman–Crippen MR) is 132 cm³/mol. The van der Waals surface area contributed by atoms with E-state index in [0.717, 1.165) is 18.4 Å². The summed E-state index contributed by atoms with van der Waals surface area (Å²) in [6, 6.07) is 15.8. The lowest BCUT2D eigenvalue weighted by Crippen LogP contribution is -2.51. The van der Waals surface area contributed by atoms with E-state index in [0.29, 0.717) is 22.5 Å². The van der Waals surface area contributed by atoms with E-state index in [9.17, 15) is 31.2 Å². The Morgan fingerprint density at radius 2 is 1.51 bits per heavy atom. The number of hydrogen-bond acceptors (Lipinski definition) is 5. The van der Waals surface area contributed by atoms with Crippen molar-refractivity contribution in [1.82, 2.24) is 0 Å². The van der Waals surface area contributed by atoms with Crippen molar-refractivity contribution >= 4 is 33.0 Å². The average Bonchev–Trinajstić information content (AvgIpc) is 2.81. The molecule has 0 bridgehead atoms. The van der Waals surface area contributed by atoms with Gasteiger partial charge in [0.2, 0.25) is 5.91 Å². The molecule has 194 valence electrons. The van der Waals surface area contributed by atoms with E-state index in [2.05, 4.69) is 4.74 Å². The molecule has 0 saturated carbocycles. The van der Waals surface area contributed by atoms with E-state index in [1.807, 2.05) is 0 Å². The number of carbonyl (C=O) groups is 2. The first kappa shape index (κ1) is 26.2. The molecule has 0 aliphatic carbocycles. The summed E-state index contributed by atoms with van der Waals surface area (Å²) < 4.78 is 65.0. The van der Waals surface area contributed by atoms with Gasteiger partial charge in [0.25, 0.3) is 5.91 Å². The number of amides is 2. The number of fused-ring (bicyclic) bond motifs is 1. The van der Waals surface area contributed by atoms with Crippen LogP contribution in [0.25, 0.3) is 11.1 Å². The molecule has 0 aromatic heterocycles. The molecular formula is C26H23F3N2O5S. The van der Waals surface area contributed by atoms with Gasteiger partial charge in [-0.25, -0.2) is 8.42 Å². The maximum atomic E-state index is 13.5. The van der Waals surface area contributed by atoms with Crippen molar-refractivity contribution < 1.29 is 35.9 Å². The van der Waals surface area contributed by atoms with Gasteiger partial charge in [0.15, 0.2) is 9.84 Å². The van der Waals surface area contributed by atoms with Crippen molar-refractivity contribution in [3.8, 4) is 16.9 Å². The summed E-state index contributed by atoms with van der Waals surface area (Å²) in [5.41, 5.74) is 2.48. The van der Waals surface area contributed by atoms with Crippen LogP contribution in [0.5, 0.6) is 5.75 Å². The molecule has 3 aromatic rings. The maximum absolute atomic E-state index is 13.5. The van der Waals surface area contributed by atoms with E-state index >= 15 is 0 Å². The number of sulfone groups is 1. The molecule has 0 saturated heterocycles. The van der Waals surface area contributed by atoms with Crippen LogP contribution in [0.3, 0.4) is 0 Å². The summed E-state index contributed by atoms with van der Waals surface area (Å²) >= 11 is 0. The first-order chi connectivity index (χ1) is 17.2. The van der Waals surface area contributed by atoms with Gasteiger partial charge in [-0.05, 0) is 66.6 Å². The number of ether oxygens (including phenoxy) is 1. The summed E-state index contributed by atoms with van der Waals surface area (Å²) in [5, 5.41) is 0. The highest BCUT2D eigenvalue weighted by atomic mass is 32.2. The number of alkyl halides is 3. The first-order valence-corrected chi connectivity index (χ1v) is 13.1. The fourth-order valence-corrected chi connectivity index (χ4v) is 4.96. The smallest absolute Gasteiger partial charge is 0.406 e. The van der Waals surface area contributed by atoms with Gasteiger partial charge in [0, 0.05) is 25.3 Å². The zero-order valence-corrected chi connectivity index (χ0v) is 20.9. The van der Waals surface area contributed by atoms with Crippen LogP contribution in [0.15, 0.2) is 71.6 Å². The van der Waals surface area contributed by atoms with Gasteiger partial charge >= 0.3 is 6.36 Å². The van der Waals surface area contributed by atoms with Crippen LogP contribution in [0.2, 0.25) is 0 Å².